The molecule has 0 aliphatic rings. The molecule has 2 aromatic rings. The number of hydrogen-bond acceptors (Lipinski definition) is 6. The van der Waals surface area contributed by atoms with E-state index in [4.69, 9.17) is 17.3 Å². The predicted octanol–water partition coefficient (Wildman–Crippen LogP) is 2.34. The van der Waals surface area contributed by atoms with Crippen molar-refractivity contribution in [3.8, 4) is 0 Å². The molecule has 18 heavy (non-hydrogen) atoms. The highest BCUT2D eigenvalue weighted by Gasteiger charge is 2.20. The zero-order valence-electron chi connectivity index (χ0n) is 8.59. The molecule has 0 spiro atoms. The summed E-state index contributed by atoms with van der Waals surface area (Å²) in [5.41, 5.74) is 5.66. The van der Waals surface area contributed by atoms with Crippen LogP contribution in [0, 0.1) is 0 Å². The van der Waals surface area contributed by atoms with E-state index < -0.39 is 10.0 Å². The van der Waals surface area contributed by atoms with E-state index in [0.717, 1.165) is 11.3 Å². The highest BCUT2D eigenvalue weighted by Crippen LogP contribution is 2.28. The van der Waals surface area contributed by atoms with Gasteiger partial charge in [0.05, 0.1) is 5.69 Å². The Balaban J connectivity index is 2.36. The Morgan fingerprint density at radius 3 is 2.72 bits per heavy atom. The van der Waals surface area contributed by atoms with E-state index in [1.54, 1.807) is 12.1 Å². The summed E-state index contributed by atoms with van der Waals surface area (Å²) >= 11 is 9.79. The molecule has 2 rings (SSSR count). The average molecular weight is 370 g/mol. The normalized spacial score (nSPS) is 11.4. The molecule has 0 saturated carbocycles. The molecular formula is C8H6BrClN4O2S2. The van der Waals surface area contributed by atoms with Gasteiger partial charge in [0.1, 0.15) is 0 Å². The number of nitrogen functional groups attached to an aromatic ring is 1. The minimum absolute atomic E-state index is 0.0838. The summed E-state index contributed by atoms with van der Waals surface area (Å²) in [5, 5.41) is 7.43. The van der Waals surface area contributed by atoms with Gasteiger partial charge in [-0.25, -0.2) is 0 Å². The topological polar surface area (TPSA) is 98.0 Å². The molecule has 0 fully saturated rings. The van der Waals surface area contributed by atoms with Crippen LogP contribution < -0.4 is 10.5 Å². The van der Waals surface area contributed by atoms with Crippen molar-refractivity contribution in [3.05, 3.63) is 27.7 Å². The van der Waals surface area contributed by atoms with E-state index in [1.807, 2.05) is 0 Å². The van der Waals surface area contributed by atoms with Crippen molar-refractivity contribution in [2.45, 2.75) is 4.34 Å². The van der Waals surface area contributed by atoms with Gasteiger partial charge in [-0.2, -0.15) is 8.42 Å². The number of nitrogens with one attached hydrogen (secondary N) is 1. The van der Waals surface area contributed by atoms with Crippen LogP contribution in [0.1, 0.15) is 0 Å². The molecule has 1 aromatic carbocycles. The number of halogens is 2. The largest absolute Gasteiger partial charge is 0.374 e. The number of anilines is 2. The molecule has 0 bridgehead atoms. The summed E-state index contributed by atoms with van der Waals surface area (Å²) < 4.78 is 26.6. The van der Waals surface area contributed by atoms with Crippen LogP contribution in [0.3, 0.4) is 0 Å². The smallest absolute Gasteiger partial charge is 0.291 e. The van der Waals surface area contributed by atoms with Crippen LogP contribution in [0.25, 0.3) is 0 Å². The summed E-state index contributed by atoms with van der Waals surface area (Å²) in [5.74, 6) is 0. The average Bonchev–Trinajstić information content (AvgIpc) is 2.71. The van der Waals surface area contributed by atoms with Crippen molar-refractivity contribution in [1.82, 2.24) is 10.2 Å². The van der Waals surface area contributed by atoms with E-state index in [0.29, 0.717) is 15.2 Å². The number of rotatable bonds is 3. The van der Waals surface area contributed by atoms with Crippen LogP contribution in [-0.4, -0.2) is 18.6 Å². The SMILES string of the molecule is Nc1nnc(S(=O)(=O)Nc2cc(Cl)ccc2Br)s1. The van der Waals surface area contributed by atoms with Crippen LogP contribution in [0.4, 0.5) is 10.8 Å². The number of benzene rings is 1. The molecule has 0 saturated heterocycles. The molecular weight excluding hydrogens is 364 g/mol. The molecule has 0 aliphatic carbocycles. The molecule has 1 aromatic heterocycles. The van der Waals surface area contributed by atoms with Gasteiger partial charge in [0, 0.05) is 9.50 Å². The Labute approximate surface area is 120 Å². The molecule has 0 amide bonds. The van der Waals surface area contributed by atoms with Gasteiger partial charge in [0.25, 0.3) is 14.4 Å². The van der Waals surface area contributed by atoms with Gasteiger partial charge in [0.2, 0.25) is 5.13 Å². The second-order valence-corrected chi connectivity index (χ2v) is 7.29. The molecule has 96 valence electrons. The molecule has 0 aliphatic heterocycles. The van der Waals surface area contributed by atoms with Gasteiger partial charge in [0.15, 0.2) is 0 Å². The van der Waals surface area contributed by atoms with E-state index in [-0.39, 0.29) is 9.47 Å². The number of aromatic nitrogens is 2. The first-order chi connectivity index (χ1) is 8.38. The number of nitrogens with zero attached hydrogens (tertiary/aromatic N) is 2. The lowest BCUT2D eigenvalue weighted by Crippen LogP contribution is -2.13. The Morgan fingerprint density at radius 1 is 1.39 bits per heavy atom. The van der Waals surface area contributed by atoms with Crippen molar-refractivity contribution in [3.63, 3.8) is 0 Å². The van der Waals surface area contributed by atoms with Crippen LogP contribution in [0.2, 0.25) is 5.02 Å². The quantitative estimate of drug-likeness (QED) is 0.865. The van der Waals surface area contributed by atoms with Crippen LogP contribution >= 0.6 is 38.9 Å². The van der Waals surface area contributed by atoms with Crippen LogP contribution in [-0.2, 0) is 10.0 Å². The third kappa shape index (κ3) is 2.91. The van der Waals surface area contributed by atoms with Crippen LogP contribution in [0.5, 0.6) is 0 Å². The summed E-state index contributed by atoms with van der Waals surface area (Å²) in [4.78, 5) is 0. The van der Waals surface area contributed by atoms with Gasteiger partial charge in [-0.3, -0.25) is 4.72 Å². The maximum absolute atomic E-state index is 12.0. The fourth-order valence-electron chi connectivity index (χ4n) is 1.09. The maximum atomic E-state index is 12.0. The van der Waals surface area contributed by atoms with E-state index in [2.05, 4.69) is 30.8 Å². The first kappa shape index (κ1) is 13.5. The Kier molecular flexibility index (Phi) is 3.76. The summed E-state index contributed by atoms with van der Waals surface area (Å²) in [6.45, 7) is 0. The number of nitrogens with two attached hydrogens (primary N) is 1. The van der Waals surface area contributed by atoms with E-state index in [9.17, 15) is 8.42 Å². The zero-order valence-corrected chi connectivity index (χ0v) is 12.6. The monoisotopic (exact) mass is 368 g/mol. The first-order valence-corrected chi connectivity index (χ1v) is 7.92. The third-order valence-corrected chi connectivity index (χ3v) is 5.24. The molecule has 3 N–H and O–H groups in total. The molecule has 0 unspecified atom stereocenters. The summed E-state index contributed by atoms with van der Waals surface area (Å²) in [6, 6.07) is 4.74. The minimum atomic E-state index is -3.81. The lowest BCUT2D eigenvalue weighted by atomic mass is 10.3. The van der Waals surface area contributed by atoms with Crippen molar-refractivity contribution in [2.75, 3.05) is 10.5 Å². The third-order valence-electron chi connectivity index (χ3n) is 1.82. The highest BCUT2D eigenvalue weighted by molar-refractivity contribution is 9.10. The van der Waals surface area contributed by atoms with Gasteiger partial charge >= 0.3 is 0 Å². The minimum Gasteiger partial charge on any atom is -0.374 e. The Morgan fingerprint density at radius 2 is 2.11 bits per heavy atom. The van der Waals surface area contributed by atoms with Crippen molar-refractivity contribution >= 4 is 59.7 Å². The molecule has 0 radical (unpaired) electrons. The first-order valence-electron chi connectivity index (χ1n) is 4.45. The number of hydrogen-bond donors (Lipinski definition) is 2. The van der Waals surface area contributed by atoms with Crippen molar-refractivity contribution in [1.29, 1.82) is 0 Å². The fourth-order valence-corrected chi connectivity index (χ4v) is 3.60. The molecule has 1 heterocycles. The predicted molar refractivity (Wildman–Crippen MR) is 74.3 cm³/mol. The second kappa shape index (κ2) is 5.00. The number of sulfonamides is 1. The standard InChI is InChI=1S/C8H6BrClN4O2S2/c9-5-2-1-4(10)3-6(5)14-18(15,16)8-13-12-7(11)17-8/h1-3,14H,(H2,11,12). The Bertz CT molecular complexity index is 688. The highest BCUT2D eigenvalue weighted by atomic mass is 79.9. The molecule has 6 nitrogen and oxygen atoms in total. The molecule has 10 heteroatoms. The van der Waals surface area contributed by atoms with Crippen LogP contribution in [0.15, 0.2) is 27.0 Å². The van der Waals surface area contributed by atoms with Gasteiger partial charge in [-0.15, -0.1) is 10.2 Å². The summed E-state index contributed by atoms with van der Waals surface area (Å²) in [6.07, 6.45) is 0. The van der Waals surface area contributed by atoms with Gasteiger partial charge < -0.3 is 5.73 Å². The Hall–Kier alpha value is -0.900. The fraction of sp³-hybridized carbons (Fsp3) is 0. The van der Waals surface area contributed by atoms with E-state index >= 15 is 0 Å². The maximum Gasteiger partial charge on any atom is 0.291 e. The van der Waals surface area contributed by atoms with Gasteiger partial charge in [-0.1, -0.05) is 22.9 Å². The van der Waals surface area contributed by atoms with Crippen molar-refractivity contribution < 1.29 is 8.42 Å². The van der Waals surface area contributed by atoms with Gasteiger partial charge in [-0.05, 0) is 34.1 Å². The van der Waals surface area contributed by atoms with E-state index in [1.165, 1.54) is 6.07 Å². The lowest BCUT2D eigenvalue weighted by molar-refractivity contribution is 0.599. The molecule has 0 atom stereocenters. The summed E-state index contributed by atoms with van der Waals surface area (Å²) in [7, 11) is -3.81. The van der Waals surface area contributed by atoms with Crippen molar-refractivity contribution in [2.24, 2.45) is 0 Å². The zero-order chi connectivity index (χ0) is 13.3. The second-order valence-electron chi connectivity index (χ2n) is 3.14. The lowest BCUT2D eigenvalue weighted by Gasteiger charge is -2.07.